The molecule has 0 saturated carbocycles. The van der Waals surface area contributed by atoms with Crippen LogP contribution in [0.1, 0.15) is 22.3 Å². The average Bonchev–Trinajstić information content (AvgIpc) is 3.63. The predicted octanol–water partition coefficient (Wildman–Crippen LogP) is 12.3. The first-order chi connectivity index (χ1) is 27.8. The lowest BCUT2D eigenvalue weighted by atomic mass is 9.63. The van der Waals surface area contributed by atoms with Gasteiger partial charge in [0.2, 0.25) is 0 Å². The lowest BCUT2D eigenvalue weighted by molar-refractivity contribution is 0.728. The van der Waals surface area contributed by atoms with Crippen LogP contribution in [0.15, 0.2) is 206 Å². The van der Waals surface area contributed by atoms with Gasteiger partial charge in [0.05, 0.1) is 22.1 Å². The molecule has 0 radical (unpaired) electrons. The molecule has 1 aliphatic heterocycles. The van der Waals surface area contributed by atoms with Crippen molar-refractivity contribution < 1.29 is 0 Å². The zero-order valence-electron chi connectivity index (χ0n) is 30.4. The van der Waals surface area contributed by atoms with E-state index in [1.54, 1.807) is 0 Å². The van der Waals surface area contributed by atoms with Crippen molar-refractivity contribution in [3.05, 3.63) is 229 Å². The van der Waals surface area contributed by atoms with Gasteiger partial charge in [0, 0.05) is 27.5 Å². The quantitative estimate of drug-likeness (QED) is 0.172. The molecule has 0 amide bonds. The molecule has 0 fully saturated rings. The number of hydrogen-bond acceptors (Lipinski definition) is 3. The minimum absolute atomic E-state index is 0.547. The minimum Gasteiger partial charge on any atom is -0.309 e. The van der Waals surface area contributed by atoms with Gasteiger partial charge in [-0.1, -0.05) is 188 Å². The molecule has 8 aromatic carbocycles. The van der Waals surface area contributed by atoms with Gasteiger partial charge in [-0.15, -0.1) is 0 Å². The molecule has 4 heteroatoms. The van der Waals surface area contributed by atoms with Gasteiger partial charge in [0.25, 0.3) is 0 Å². The highest BCUT2D eigenvalue weighted by molar-refractivity contribution is 6.12. The lowest BCUT2D eigenvalue weighted by Crippen LogP contribution is -2.35. The highest BCUT2D eigenvalue weighted by atomic mass is 15.0. The summed E-state index contributed by atoms with van der Waals surface area (Å²) in [5.74, 6) is 1.94. The zero-order valence-corrected chi connectivity index (χ0v) is 30.4. The van der Waals surface area contributed by atoms with Crippen LogP contribution in [-0.2, 0) is 5.41 Å². The topological polar surface area (TPSA) is 43.6 Å². The predicted molar refractivity (Wildman–Crippen MR) is 228 cm³/mol. The summed E-state index contributed by atoms with van der Waals surface area (Å²) in [4.78, 5) is 14.9. The van der Waals surface area contributed by atoms with Gasteiger partial charge in [0.15, 0.2) is 17.5 Å². The van der Waals surface area contributed by atoms with Crippen molar-refractivity contribution in [3.8, 4) is 51.0 Å². The van der Waals surface area contributed by atoms with Crippen LogP contribution < -0.4 is 0 Å². The Bertz CT molecular complexity index is 3000. The van der Waals surface area contributed by atoms with Gasteiger partial charge in [-0.05, 0) is 51.6 Å². The van der Waals surface area contributed by atoms with Crippen molar-refractivity contribution in [2.75, 3.05) is 0 Å². The van der Waals surface area contributed by atoms with Gasteiger partial charge in [-0.2, -0.15) is 0 Å². The van der Waals surface area contributed by atoms with Crippen LogP contribution in [0.2, 0.25) is 0 Å². The Labute approximate surface area is 325 Å². The maximum Gasteiger partial charge on any atom is 0.164 e. The minimum atomic E-state index is -0.547. The van der Waals surface area contributed by atoms with Crippen LogP contribution in [0.5, 0.6) is 0 Å². The van der Waals surface area contributed by atoms with Crippen LogP contribution in [-0.4, -0.2) is 19.5 Å². The van der Waals surface area contributed by atoms with Crippen molar-refractivity contribution in [2.45, 2.75) is 5.41 Å². The molecule has 1 atom stereocenters. The number of fused-ring (bicyclic) bond motifs is 5. The van der Waals surface area contributed by atoms with Gasteiger partial charge in [-0.25, -0.2) is 15.0 Å². The van der Waals surface area contributed by atoms with Crippen LogP contribution in [0.3, 0.4) is 0 Å². The summed E-state index contributed by atoms with van der Waals surface area (Å²) in [5.41, 5.74) is 13.2. The van der Waals surface area contributed by atoms with E-state index in [0.717, 1.165) is 27.8 Å². The maximum atomic E-state index is 5.00. The van der Waals surface area contributed by atoms with Crippen LogP contribution in [0.4, 0.5) is 0 Å². The molecule has 0 N–H and O–H groups in total. The van der Waals surface area contributed by atoms with E-state index < -0.39 is 5.41 Å². The summed E-state index contributed by atoms with van der Waals surface area (Å²) in [5, 5.41) is 2.54. The highest BCUT2D eigenvalue weighted by Crippen LogP contribution is 2.54. The zero-order chi connectivity index (χ0) is 37.1. The monoisotopic (exact) mass is 714 g/mol. The Kier molecular flexibility index (Phi) is 7.36. The van der Waals surface area contributed by atoms with Crippen molar-refractivity contribution in [1.82, 2.24) is 19.5 Å². The second-order valence-electron chi connectivity index (χ2n) is 14.4. The Morgan fingerprint density at radius 2 is 0.839 bits per heavy atom. The van der Waals surface area contributed by atoms with Gasteiger partial charge in [0.1, 0.15) is 0 Å². The largest absolute Gasteiger partial charge is 0.309 e. The van der Waals surface area contributed by atoms with Crippen molar-refractivity contribution >= 4 is 21.8 Å². The highest BCUT2D eigenvalue weighted by Gasteiger charge is 2.45. The van der Waals surface area contributed by atoms with Crippen LogP contribution in [0.25, 0.3) is 72.8 Å². The standard InChI is InChI=1S/C52H34N4/c1-4-16-36(17-5-1)49-53-50(37-18-6-2-7-19-37)55-51(54-49)39-21-14-20-38(34-39)35-30-32-41(33-31-35)52(40-22-8-3-9-23-40)44-26-11-13-29-47(44)56-46-28-12-10-24-42(46)43-25-15-27-45(52)48(43)56/h1-34H. The molecule has 0 saturated heterocycles. The fourth-order valence-corrected chi connectivity index (χ4v) is 8.87. The molecule has 1 aliphatic rings. The lowest BCUT2D eigenvalue weighted by Gasteiger charge is -2.41. The number of para-hydroxylation sites is 3. The average molecular weight is 715 g/mol. The third-order valence-corrected chi connectivity index (χ3v) is 11.3. The third-order valence-electron chi connectivity index (χ3n) is 11.3. The number of rotatable bonds is 6. The second-order valence-corrected chi connectivity index (χ2v) is 14.4. The van der Waals surface area contributed by atoms with Gasteiger partial charge < -0.3 is 4.57 Å². The van der Waals surface area contributed by atoms with E-state index >= 15 is 0 Å². The van der Waals surface area contributed by atoms with E-state index in [1.165, 1.54) is 49.7 Å². The van der Waals surface area contributed by atoms with Crippen LogP contribution in [0, 0.1) is 0 Å². The van der Waals surface area contributed by atoms with E-state index in [4.69, 9.17) is 15.0 Å². The van der Waals surface area contributed by atoms with E-state index in [-0.39, 0.29) is 0 Å². The SMILES string of the molecule is c1ccc(-c2nc(-c3ccccc3)nc(-c3cccc(-c4ccc(C5(c6ccccc6)c6ccccc6-n6c7ccccc7c7cccc5c76)cc4)c3)n2)cc1. The molecular weight excluding hydrogens is 681 g/mol. The molecule has 2 aromatic heterocycles. The molecule has 262 valence electrons. The molecule has 0 bridgehead atoms. The summed E-state index contributed by atoms with van der Waals surface area (Å²) < 4.78 is 2.48. The molecule has 3 heterocycles. The van der Waals surface area contributed by atoms with E-state index in [1.807, 2.05) is 60.7 Å². The summed E-state index contributed by atoms with van der Waals surface area (Å²) in [6.45, 7) is 0. The fraction of sp³-hybridized carbons (Fsp3) is 0.0192. The van der Waals surface area contributed by atoms with Gasteiger partial charge in [-0.3, -0.25) is 0 Å². The number of benzene rings is 8. The first-order valence-corrected chi connectivity index (χ1v) is 19.0. The van der Waals surface area contributed by atoms with Crippen molar-refractivity contribution in [1.29, 1.82) is 0 Å². The Morgan fingerprint density at radius 3 is 1.55 bits per heavy atom. The molecule has 0 aliphatic carbocycles. The first-order valence-electron chi connectivity index (χ1n) is 19.0. The maximum absolute atomic E-state index is 5.00. The fourth-order valence-electron chi connectivity index (χ4n) is 8.87. The molecule has 10 aromatic rings. The molecule has 0 spiro atoms. The number of hydrogen-bond donors (Lipinski definition) is 0. The smallest absolute Gasteiger partial charge is 0.164 e. The molecule has 4 nitrogen and oxygen atoms in total. The number of nitrogens with zero attached hydrogens (tertiary/aromatic N) is 4. The molecular formula is C52H34N4. The Balaban J connectivity index is 1.07. The third kappa shape index (κ3) is 4.89. The van der Waals surface area contributed by atoms with E-state index in [2.05, 4.69) is 150 Å². The van der Waals surface area contributed by atoms with Crippen molar-refractivity contribution in [3.63, 3.8) is 0 Å². The Morgan fingerprint density at radius 1 is 0.339 bits per heavy atom. The summed E-state index contributed by atoms with van der Waals surface area (Å²) in [7, 11) is 0. The molecule has 56 heavy (non-hydrogen) atoms. The van der Waals surface area contributed by atoms with Crippen molar-refractivity contribution in [2.24, 2.45) is 0 Å². The summed E-state index contributed by atoms with van der Waals surface area (Å²) in [6.07, 6.45) is 0. The summed E-state index contributed by atoms with van der Waals surface area (Å²) in [6, 6.07) is 73.5. The second kappa shape index (κ2) is 12.9. The van der Waals surface area contributed by atoms with E-state index in [9.17, 15) is 0 Å². The van der Waals surface area contributed by atoms with E-state index in [0.29, 0.717) is 17.5 Å². The molecule has 1 unspecified atom stereocenters. The summed E-state index contributed by atoms with van der Waals surface area (Å²) >= 11 is 0. The molecule has 11 rings (SSSR count). The first kappa shape index (κ1) is 32.0. The number of aromatic nitrogens is 4. The Hall–Kier alpha value is -7.43. The van der Waals surface area contributed by atoms with Gasteiger partial charge >= 0.3 is 0 Å². The normalized spacial score (nSPS) is 14.5. The van der Waals surface area contributed by atoms with Crippen LogP contribution >= 0.6 is 0 Å².